The third-order valence-corrected chi connectivity index (χ3v) is 3.84. The molecule has 0 aliphatic heterocycles. The first-order valence-corrected chi connectivity index (χ1v) is 8.33. The highest BCUT2D eigenvalue weighted by atomic mass is 16.2. The van der Waals surface area contributed by atoms with Crippen LogP contribution in [-0.4, -0.2) is 37.4 Å². The Morgan fingerprint density at radius 3 is 2.40 bits per heavy atom. The van der Waals surface area contributed by atoms with Crippen molar-refractivity contribution in [2.45, 2.75) is 19.8 Å². The summed E-state index contributed by atoms with van der Waals surface area (Å²) in [6, 6.07) is 15.5. The van der Waals surface area contributed by atoms with Crippen molar-refractivity contribution < 1.29 is 9.59 Å². The normalized spacial score (nSPS) is 10.2. The topological polar surface area (TPSA) is 61.4 Å². The average molecular weight is 339 g/mol. The van der Waals surface area contributed by atoms with Crippen molar-refractivity contribution in [1.29, 1.82) is 0 Å². The summed E-state index contributed by atoms with van der Waals surface area (Å²) in [7, 11) is 3.51. The minimum atomic E-state index is -0.1000. The van der Waals surface area contributed by atoms with Gasteiger partial charge in [0, 0.05) is 31.9 Å². The van der Waals surface area contributed by atoms with Gasteiger partial charge in [-0.2, -0.15) is 0 Å². The minimum Gasteiger partial charge on any atom is -0.376 e. The minimum absolute atomic E-state index is 0.1000. The van der Waals surface area contributed by atoms with E-state index in [0.29, 0.717) is 12.8 Å². The molecule has 132 valence electrons. The second-order valence-electron chi connectivity index (χ2n) is 6.26. The Labute approximate surface area is 149 Å². The summed E-state index contributed by atoms with van der Waals surface area (Å²) >= 11 is 0. The highest BCUT2D eigenvalue weighted by molar-refractivity contribution is 5.93. The molecule has 0 aliphatic carbocycles. The number of hydrogen-bond donors (Lipinski definition) is 2. The number of carbonyl (C=O) groups is 2. The second kappa shape index (κ2) is 8.87. The van der Waals surface area contributed by atoms with Gasteiger partial charge in [-0.05, 0) is 43.2 Å². The maximum atomic E-state index is 12.0. The van der Waals surface area contributed by atoms with Crippen LogP contribution in [0.1, 0.15) is 17.5 Å². The van der Waals surface area contributed by atoms with Gasteiger partial charge in [0.05, 0.1) is 6.54 Å². The molecule has 2 amide bonds. The van der Waals surface area contributed by atoms with E-state index < -0.39 is 0 Å². The van der Waals surface area contributed by atoms with Gasteiger partial charge in [0.15, 0.2) is 0 Å². The van der Waals surface area contributed by atoms with E-state index in [2.05, 4.69) is 10.6 Å². The van der Waals surface area contributed by atoms with Crippen molar-refractivity contribution >= 4 is 23.2 Å². The lowest BCUT2D eigenvalue weighted by Gasteiger charge is -2.11. The van der Waals surface area contributed by atoms with Crippen LogP contribution in [0, 0.1) is 6.92 Å². The predicted molar refractivity (Wildman–Crippen MR) is 102 cm³/mol. The summed E-state index contributed by atoms with van der Waals surface area (Å²) in [5.74, 6) is 0.00730. The fourth-order valence-corrected chi connectivity index (χ4v) is 2.34. The molecule has 0 aliphatic rings. The standard InChI is InChI=1S/C20H25N3O2/c1-15-7-10-17(11-8-15)22-19(24)14-21-18-6-4-5-16(13-18)9-12-20(25)23(2)3/h4-8,10-11,13,21H,9,12,14H2,1-3H3,(H,22,24). The fourth-order valence-electron chi connectivity index (χ4n) is 2.34. The molecule has 0 spiro atoms. The number of amides is 2. The first-order chi connectivity index (χ1) is 11.9. The molecule has 0 fully saturated rings. The molecule has 0 heterocycles. The van der Waals surface area contributed by atoms with Crippen LogP contribution in [0.25, 0.3) is 0 Å². The molecule has 5 heteroatoms. The first kappa shape index (κ1) is 18.5. The van der Waals surface area contributed by atoms with E-state index in [0.717, 1.165) is 22.5 Å². The summed E-state index contributed by atoms with van der Waals surface area (Å²) in [5.41, 5.74) is 3.88. The molecule has 2 N–H and O–H groups in total. The Kier molecular flexibility index (Phi) is 6.57. The molecule has 2 aromatic carbocycles. The zero-order valence-electron chi connectivity index (χ0n) is 15.0. The quantitative estimate of drug-likeness (QED) is 0.815. The number of rotatable bonds is 7. The highest BCUT2D eigenvalue weighted by Gasteiger charge is 2.06. The van der Waals surface area contributed by atoms with Gasteiger partial charge in [0.25, 0.3) is 0 Å². The summed E-state index contributed by atoms with van der Waals surface area (Å²) in [4.78, 5) is 25.3. The highest BCUT2D eigenvalue weighted by Crippen LogP contribution is 2.13. The van der Waals surface area contributed by atoms with Crippen LogP contribution >= 0.6 is 0 Å². The molecular weight excluding hydrogens is 314 g/mol. The number of nitrogens with zero attached hydrogens (tertiary/aromatic N) is 1. The van der Waals surface area contributed by atoms with Gasteiger partial charge in [0.2, 0.25) is 11.8 Å². The Bertz CT molecular complexity index is 724. The molecule has 0 aromatic heterocycles. The SMILES string of the molecule is Cc1ccc(NC(=O)CNc2cccc(CCC(=O)N(C)C)c2)cc1. The molecule has 2 aromatic rings. The molecule has 5 nitrogen and oxygen atoms in total. The molecule has 25 heavy (non-hydrogen) atoms. The van der Waals surface area contributed by atoms with E-state index in [-0.39, 0.29) is 18.4 Å². The van der Waals surface area contributed by atoms with Gasteiger partial charge in [-0.3, -0.25) is 9.59 Å². The number of nitrogens with one attached hydrogen (secondary N) is 2. The van der Waals surface area contributed by atoms with Crippen molar-refractivity contribution in [1.82, 2.24) is 4.90 Å². The van der Waals surface area contributed by atoms with E-state index in [9.17, 15) is 9.59 Å². The predicted octanol–water partition coefficient (Wildman–Crippen LogP) is 3.07. The van der Waals surface area contributed by atoms with E-state index in [1.165, 1.54) is 0 Å². The molecule has 0 unspecified atom stereocenters. The van der Waals surface area contributed by atoms with Crippen LogP contribution in [0.2, 0.25) is 0 Å². The van der Waals surface area contributed by atoms with Crippen molar-refractivity contribution in [2.24, 2.45) is 0 Å². The monoisotopic (exact) mass is 339 g/mol. The Balaban J connectivity index is 1.83. The van der Waals surface area contributed by atoms with E-state index in [1.54, 1.807) is 19.0 Å². The van der Waals surface area contributed by atoms with Gasteiger partial charge < -0.3 is 15.5 Å². The van der Waals surface area contributed by atoms with Crippen LogP contribution in [0.15, 0.2) is 48.5 Å². The summed E-state index contributed by atoms with van der Waals surface area (Å²) in [5, 5.41) is 5.97. The number of carbonyl (C=O) groups excluding carboxylic acids is 2. The molecule has 0 bridgehead atoms. The first-order valence-electron chi connectivity index (χ1n) is 8.33. The van der Waals surface area contributed by atoms with Crippen molar-refractivity contribution in [2.75, 3.05) is 31.3 Å². The summed E-state index contributed by atoms with van der Waals surface area (Å²) in [6.45, 7) is 2.19. The number of benzene rings is 2. The maximum Gasteiger partial charge on any atom is 0.243 e. The molecule has 2 rings (SSSR count). The maximum absolute atomic E-state index is 12.0. The van der Waals surface area contributed by atoms with E-state index >= 15 is 0 Å². The molecular formula is C20H25N3O2. The largest absolute Gasteiger partial charge is 0.376 e. The van der Waals surface area contributed by atoms with Crippen LogP contribution in [0.3, 0.4) is 0 Å². The smallest absolute Gasteiger partial charge is 0.243 e. The van der Waals surface area contributed by atoms with Crippen LogP contribution in [0.4, 0.5) is 11.4 Å². The second-order valence-corrected chi connectivity index (χ2v) is 6.26. The molecule has 0 saturated heterocycles. The van der Waals surface area contributed by atoms with Crippen LogP contribution in [0.5, 0.6) is 0 Å². The Morgan fingerprint density at radius 1 is 1.00 bits per heavy atom. The Hall–Kier alpha value is -2.82. The van der Waals surface area contributed by atoms with E-state index in [4.69, 9.17) is 0 Å². The summed E-state index contributed by atoms with van der Waals surface area (Å²) < 4.78 is 0. The fraction of sp³-hybridized carbons (Fsp3) is 0.300. The molecule has 0 atom stereocenters. The lowest BCUT2D eigenvalue weighted by molar-refractivity contribution is -0.128. The Morgan fingerprint density at radius 2 is 1.72 bits per heavy atom. The number of hydrogen-bond acceptors (Lipinski definition) is 3. The van der Waals surface area contributed by atoms with Gasteiger partial charge in [-0.1, -0.05) is 29.8 Å². The van der Waals surface area contributed by atoms with Gasteiger partial charge in [-0.15, -0.1) is 0 Å². The van der Waals surface area contributed by atoms with Gasteiger partial charge in [0.1, 0.15) is 0 Å². The average Bonchev–Trinajstić information content (AvgIpc) is 2.60. The number of aryl methyl sites for hydroxylation is 2. The summed E-state index contributed by atoms with van der Waals surface area (Å²) in [6.07, 6.45) is 1.16. The van der Waals surface area contributed by atoms with Gasteiger partial charge in [-0.25, -0.2) is 0 Å². The third kappa shape index (κ3) is 6.30. The third-order valence-electron chi connectivity index (χ3n) is 3.84. The van der Waals surface area contributed by atoms with Crippen LogP contribution < -0.4 is 10.6 Å². The zero-order valence-corrected chi connectivity index (χ0v) is 15.0. The lowest BCUT2D eigenvalue weighted by Crippen LogP contribution is -2.22. The molecule has 0 radical (unpaired) electrons. The van der Waals surface area contributed by atoms with Gasteiger partial charge >= 0.3 is 0 Å². The molecule has 0 saturated carbocycles. The van der Waals surface area contributed by atoms with Crippen LogP contribution in [-0.2, 0) is 16.0 Å². The lowest BCUT2D eigenvalue weighted by atomic mass is 10.1. The van der Waals surface area contributed by atoms with Crippen molar-refractivity contribution in [3.63, 3.8) is 0 Å². The number of anilines is 2. The van der Waals surface area contributed by atoms with Crippen molar-refractivity contribution in [3.05, 3.63) is 59.7 Å². The zero-order chi connectivity index (χ0) is 18.2. The van der Waals surface area contributed by atoms with E-state index in [1.807, 2.05) is 55.5 Å². The van der Waals surface area contributed by atoms with Crippen molar-refractivity contribution in [3.8, 4) is 0 Å².